The minimum absolute atomic E-state index is 0.0714. The normalized spacial score (nSPS) is 21.2. The van der Waals surface area contributed by atoms with Crippen LogP contribution in [0.3, 0.4) is 0 Å². The van der Waals surface area contributed by atoms with E-state index in [1.807, 2.05) is 31.2 Å². The fraction of sp³-hybridized carbons (Fsp3) is 0.471. The molecule has 3 aliphatic rings. The molecule has 1 saturated heterocycles. The molecule has 2 heterocycles. The highest BCUT2D eigenvalue weighted by molar-refractivity contribution is 5.95. The molecule has 2 aliphatic carbocycles. The molecule has 0 bridgehead atoms. The van der Waals surface area contributed by atoms with Crippen molar-refractivity contribution in [2.24, 2.45) is 5.92 Å². The highest BCUT2D eigenvalue weighted by Gasteiger charge is 2.54. The van der Waals surface area contributed by atoms with Crippen molar-refractivity contribution in [3.8, 4) is 6.07 Å². The van der Waals surface area contributed by atoms with Crippen molar-refractivity contribution in [1.82, 2.24) is 35.2 Å². The van der Waals surface area contributed by atoms with Crippen molar-refractivity contribution in [1.29, 1.82) is 5.26 Å². The summed E-state index contributed by atoms with van der Waals surface area (Å²) in [7, 11) is 6.85. The smallest absolute Gasteiger partial charge is 0.340 e. The van der Waals surface area contributed by atoms with Crippen LogP contribution in [0.1, 0.15) is 75.0 Å². The lowest BCUT2D eigenvalue weighted by Gasteiger charge is -2.37. The van der Waals surface area contributed by atoms with Crippen molar-refractivity contribution in [3.05, 3.63) is 86.1 Å². The van der Waals surface area contributed by atoms with Crippen LogP contribution < -0.4 is 11.0 Å². The second-order valence-electron chi connectivity index (χ2n) is 13.3. The zero-order chi connectivity index (χ0) is 32.9. The molecule has 46 heavy (non-hydrogen) atoms. The molecule has 12 nitrogen and oxygen atoms in total. The predicted molar refractivity (Wildman–Crippen MR) is 170 cm³/mol. The molecule has 4 atom stereocenters. The molecule has 0 spiro atoms. The number of fused-ring (bicyclic) bond motifs is 3. The second kappa shape index (κ2) is 11.9. The fourth-order valence-corrected chi connectivity index (χ4v) is 7.49. The van der Waals surface area contributed by atoms with Crippen LogP contribution in [0.25, 0.3) is 0 Å². The Morgan fingerprint density at radius 1 is 1.02 bits per heavy atom. The van der Waals surface area contributed by atoms with Crippen LogP contribution in [0.4, 0.5) is 0 Å². The summed E-state index contributed by atoms with van der Waals surface area (Å²) in [6, 6.07) is 13.1. The maximum absolute atomic E-state index is 13.3. The first-order valence-electron chi connectivity index (χ1n) is 15.7. The highest BCUT2D eigenvalue weighted by atomic mass is 16.2. The number of aromatic nitrogens is 3. The van der Waals surface area contributed by atoms with Gasteiger partial charge in [0.1, 0.15) is 11.9 Å². The van der Waals surface area contributed by atoms with Gasteiger partial charge in [-0.25, -0.2) is 9.89 Å². The van der Waals surface area contributed by atoms with Gasteiger partial charge < -0.3 is 20.0 Å². The number of aromatic amines is 2. The van der Waals surface area contributed by atoms with Gasteiger partial charge in [0, 0.05) is 51.4 Å². The predicted octanol–water partition coefficient (Wildman–Crippen LogP) is 1.82. The molecule has 3 aromatic rings. The lowest BCUT2D eigenvalue weighted by molar-refractivity contribution is -0.131. The largest absolute Gasteiger partial charge is 0.345 e. The number of H-pyrrole nitrogens is 2. The Kier molecular flexibility index (Phi) is 8.06. The van der Waals surface area contributed by atoms with E-state index in [4.69, 9.17) is 0 Å². The Bertz CT molecular complexity index is 1730. The molecule has 3 amide bonds. The molecule has 2 fully saturated rings. The third-order valence-corrected chi connectivity index (χ3v) is 9.76. The molecule has 0 radical (unpaired) electrons. The Morgan fingerprint density at radius 3 is 2.11 bits per heavy atom. The molecular formula is C34H40N8O4. The number of likely N-dealkylation sites (tertiary alicyclic amines) is 1. The summed E-state index contributed by atoms with van der Waals surface area (Å²) < 4.78 is 0. The van der Waals surface area contributed by atoms with Gasteiger partial charge in [0.25, 0.3) is 11.8 Å². The summed E-state index contributed by atoms with van der Waals surface area (Å²) in [5.74, 6) is 0.506. The minimum atomic E-state index is -1.00. The Hall–Kier alpha value is -4.76. The van der Waals surface area contributed by atoms with Crippen LogP contribution in [-0.4, -0.2) is 100 Å². The van der Waals surface area contributed by atoms with Crippen molar-refractivity contribution in [3.63, 3.8) is 0 Å². The summed E-state index contributed by atoms with van der Waals surface area (Å²) in [5.41, 5.74) is 3.30. The van der Waals surface area contributed by atoms with E-state index in [1.165, 1.54) is 9.80 Å². The maximum atomic E-state index is 13.3. The molecule has 1 unspecified atom stereocenters. The number of hydrogen-bond donors (Lipinski definition) is 3. The molecule has 1 aliphatic heterocycles. The van der Waals surface area contributed by atoms with Gasteiger partial charge in [-0.3, -0.25) is 19.4 Å². The summed E-state index contributed by atoms with van der Waals surface area (Å²) in [4.78, 5) is 59.7. The van der Waals surface area contributed by atoms with E-state index in [0.717, 1.165) is 35.1 Å². The van der Waals surface area contributed by atoms with Gasteiger partial charge in [0.2, 0.25) is 5.91 Å². The lowest BCUT2D eigenvalue weighted by Crippen LogP contribution is -2.46. The molecule has 3 N–H and O–H groups in total. The van der Waals surface area contributed by atoms with E-state index < -0.39 is 11.1 Å². The Morgan fingerprint density at radius 2 is 1.61 bits per heavy atom. The number of piperidine rings is 1. The SMILES string of the molecule is C[C@H](CC1(c2n[nH]c(=O)[nH]2)c2ccc(C(=O)N(C)C)cc2CCc2cc(C(=O)N(C)C)ccc21)NCC(=O)N1C(C#N)C[C@@H]2C[C@@H]21. The van der Waals surface area contributed by atoms with Gasteiger partial charge in [-0.15, -0.1) is 0 Å². The summed E-state index contributed by atoms with van der Waals surface area (Å²) in [6.07, 6.45) is 3.29. The van der Waals surface area contributed by atoms with Crippen molar-refractivity contribution < 1.29 is 14.4 Å². The van der Waals surface area contributed by atoms with E-state index in [9.17, 15) is 24.4 Å². The van der Waals surface area contributed by atoms with Gasteiger partial charge in [-0.1, -0.05) is 12.1 Å². The number of nitriles is 1. The first-order valence-corrected chi connectivity index (χ1v) is 15.7. The first kappa shape index (κ1) is 31.2. The number of rotatable bonds is 8. The van der Waals surface area contributed by atoms with Gasteiger partial charge in [-0.05, 0) is 91.5 Å². The average Bonchev–Trinajstić information content (AvgIpc) is 3.53. The third kappa shape index (κ3) is 5.38. The molecule has 2 aromatic carbocycles. The number of aryl methyl sites for hydroxylation is 2. The fourth-order valence-electron chi connectivity index (χ4n) is 7.49. The van der Waals surface area contributed by atoms with Crippen LogP contribution in [-0.2, 0) is 23.1 Å². The quantitative estimate of drug-likeness (QED) is 0.345. The van der Waals surface area contributed by atoms with Crippen LogP contribution in [0.5, 0.6) is 0 Å². The zero-order valence-corrected chi connectivity index (χ0v) is 26.9. The number of carbonyl (C=O) groups excluding carboxylic acids is 3. The molecule has 6 rings (SSSR count). The molecular weight excluding hydrogens is 584 g/mol. The zero-order valence-electron chi connectivity index (χ0n) is 26.9. The molecule has 240 valence electrons. The van der Waals surface area contributed by atoms with E-state index in [0.29, 0.717) is 42.1 Å². The maximum Gasteiger partial charge on any atom is 0.340 e. The summed E-state index contributed by atoms with van der Waals surface area (Å²) >= 11 is 0. The standard InChI is InChI=1S/C34H40N8O4/c1-19(36-18-29(43)42-25(17-35)14-24-15-28(24)42)16-34(32-37-33(46)39-38-32)26-10-8-22(30(44)40(2)3)12-20(26)6-7-21-13-23(9-11-27(21)34)31(45)41(4)5/h8-13,19,24-25,28,36H,6-7,14-16,18H2,1-5H3,(H2,37,38,39,46)/t19-,24-,25?,28+/m1/s1. The van der Waals surface area contributed by atoms with E-state index in [1.54, 1.807) is 45.2 Å². The summed E-state index contributed by atoms with van der Waals surface area (Å²) in [6.45, 7) is 2.06. The first-order chi connectivity index (χ1) is 21.9. The monoisotopic (exact) mass is 624 g/mol. The van der Waals surface area contributed by atoms with Gasteiger partial charge in [0.05, 0.1) is 18.0 Å². The van der Waals surface area contributed by atoms with Crippen molar-refractivity contribution >= 4 is 17.7 Å². The molecule has 1 aromatic heterocycles. The Balaban J connectivity index is 1.44. The number of carbonyl (C=O) groups is 3. The molecule has 12 heteroatoms. The van der Waals surface area contributed by atoms with Gasteiger partial charge >= 0.3 is 5.69 Å². The van der Waals surface area contributed by atoms with Crippen LogP contribution >= 0.6 is 0 Å². The van der Waals surface area contributed by atoms with Gasteiger partial charge in [-0.2, -0.15) is 10.4 Å². The van der Waals surface area contributed by atoms with Crippen LogP contribution in [0.2, 0.25) is 0 Å². The number of nitrogens with one attached hydrogen (secondary N) is 3. The van der Waals surface area contributed by atoms with E-state index in [-0.39, 0.29) is 42.4 Å². The van der Waals surface area contributed by atoms with E-state index >= 15 is 0 Å². The summed E-state index contributed by atoms with van der Waals surface area (Å²) in [5, 5.41) is 20.1. The second-order valence-corrected chi connectivity index (χ2v) is 13.3. The average molecular weight is 625 g/mol. The number of benzene rings is 2. The van der Waals surface area contributed by atoms with Gasteiger partial charge in [0.15, 0.2) is 0 Å². The van der Waals surface area contributed by atoms with Crippen LogP contribution in [0, 0.1) is 17.2 Å². The van der Waals surface area contributed by atoms with Crippen LogP contribution in [0.15, 0.2) is 41.2 Å². The van der Waals surface area contributed by atoms with Crippen molar-refractivity contribution in [2.45, 2.75) is 62.6 Å². The number of hydrogen-bond acceptors (Lipinski definition) is 7. The van der Waals surface area contributed by atoms with Crippen molar-refractivity contribution in [2.75, 3.05) is 34.7 Å². The lowest BCUT2D eigenvalue weighted by atomic mass is 9.67. The Labute approximate surface area is 267 Å². The minimum Gasteiger partial charge on any atom is -0.345 e. The highest BCUT2D eigenvalue weighted by Crippen LogP contribution is 2.48. The number of amides is 3. The molecule has 1 saturated carbocycles. The number of nitrogens with zero attached hydrogens (tertiary/aromatic N) is 5. The third-order valence-electron chi connectivity index (χ3n) is 9.76. The topological polar surface area (TPSA) is 158 Å². The van der Waals surface area contributed by atoms with E-state index in [2.05, 4.69) is 26.6 Å².